The van der Waals surface area contributed by atoms with Crippen LogP contribution in [0.1, 0.15) is 21.0 Å². The Balaban J connectivity index is 2.69. The van der Waals surface area contributed by atoms with Gasteiger partial charge in [0.2, 0.25) is 11.4 Å². The Labute approximate surface area is 53.7 Å². The summed E-state index contributed by atoms with van der Waals surface area (Å²) >= 11 is 0. The number of carbonyl (C=O) groups is 2. The van der Waals surface area contributed by atoms with Crippen molar-refractivity contribution in [1.82, 2.24) is 10.3 Å². The zero-order valence-corrected chi connectivity index (χ0v) is 4.53. The predicted octanol–water partition coefficient (Wildman–Crippen LogP) is -0.620. The van der Waals surface area contributed by atoms with Crippen LogP contribution in [0.5, 0.6) is 0 Å². The molecule has 1 aromatic heterocycles. The minimum absolute atomic E-state index is 0.148. The number of hydrogen-bond donors (Lipinski definition) is 0. The van der Waals surface area contributed by atoms with Crippen molar-refractivity contribution < 1.29 is 19.0 Å². The smallest absolute Gasteiger partial charge is 0.371 e. The van der Waals surface area contributed by atoms with Crippen molar-refractivity contribution in [2.45, 2.75) is 0 Å². The number of fused-ring (bicyclic) bond motifs is 1. The van der Waals surface area contributed by atoms with E-state index in [9.17, 15) is 9.59 Å². The minimum atomic E-state index is -0.804. The summed E-state index contributed by atoms with van der Waals surface area (Å²) in [5.74, 6) is -1.61. The molecule has 1 aromatic rings. The van der Waals surface area contributed by atoms with E-state index in [2.05, 4.69) is 19.7 Å². The molecular weight excluding hydrogens is 140 g/mol. The van der Waals surface area contributed by atoms with Crippen molar-refractivity contribution in [2.24, 2.45) is 0 Å². The summed E-state index contributed by atoms with van der Waals surface area (Å²) in [6, 6.07) is 0. The SMILES string of the molecule is O=C1OC(=O)c2nonc21. The van der Waals surface area contributed by atoms with Gasteiger partial charge < -0.3 is 4.74 Å². The van der Waals surface area contributed by atoms with Gasteiger partial charge in [-0.3, -0.25) is 0 Å². The van der Waals surface area contributed by atoms with Gasteiger partial charge in [-0.15, -0.1) is 0 Å². The van der Waals surface area contributed by atoms with Crippen LogP contribution in [0.2, 0.25) is 0 Å². The van der Waals surface area contributed by atoms with E-state index in [1.165, 1.54) is 0 Å². The fourth-order valence-corrected chi connectivity index (χ4v) is 0.637. The Bertz CT molecular complexity index is 286. The van der Waals surface area contributed by atoms with E-state index in [1.807, 2.05) is 0 Å². The van der Waals surface area contributed by atoms with Gasteiger partial charge in [0.05, 0.1) is 0 Å². The quantitative estimate of drug-likeness (QED) is 0.352. The van der Waals surface area contributed by atoms with Gasteiger partial charge in [0.1, 0.15) is 0 Å². The van der Waals surface area contributed by atoms with Crippen LogP contribution < -0.4 is 0 Å². The van der Waals surface area contributed by atoms with Crippen LogP contribution in [-0.4, -0.2) is 22.3 Å². The number of rotatable bonds is 0. The lowest BCUT2D eigenvalue weighted by Crippen LogP contribution is -1.99. The maximum absolute atomic E-state index is 10.5. The predicted molar refractivity (Wildman–Crippen MR) is 24.0 cm³/mol. The Morgan fingerprint density at radius 3 is 2.00 bits per heavy atom. The molecule has 0 spiro atoms. The van der Waals surface area contributed by atoms with E-state index in [-0.39, 0.29) is 11.4 Å². The average Bonchev–Trinajstić information content (AvgIpc) is 2.39. The van der Waals surface area contributed by atoms with Crippen LogP contribution in [0, 0.1) is 0 Å². The highest BCUT2D eigenvalue weighted by Crippen LogP contribution is 2.13. The fourth-order valence-electron chi connectivity index (χ4n) is 0.637. The van der Waals surface area contributed by atoms with Crippen molar-refractivity contribution in [3.63, 3.8) is 0 Å². The van der Waals surface area contributed by atoms with E-state index in [1.54, 1.807) is 0 Å². The third-order valence-electron chi connectivity index (χ3n) is 1.06. The number of hydrogen-bond acceptors (Lipinski definition) is 6. The summed E-state index contributed by atoms with van der Waals surface area (Å²) in [6.07, 6.45) is 0. The number of esters is 2. The second-order valence-corrected chi connectivity index (χ2v) is 1.64. The standard InChI is InChI=1S/C4N2O4/c7-3-1-2(4(8)9-3)6-10-5-1. The lowest BCUT2D eigenvalue weighted by molar-refractivity contribution is 0.0423. The van der Waals surface area contributed by atoms with E-state index < -0.39 is 11.9 Å². The monoisotopic (exact) mass is 140 g/mol. The summed E-state index contributed by atoms with van der Waals surface area (Å²) in [5.41, 5.74) is -0.296. The van der Waals surface area contributed by atoms with Crippen LogP contribution in [0.15, 0.2) is 4.63 Å². The van der Waals surface area contributed by atoms with Crippen LogP contribution in [-0.2, 0) is 4.74 Å². The number of nitrogens with zero attached hydrogens (tertiary/aromatic N) is 2. The minimum Gasteiger partial charge on any atom is -0.383 e. The highest BCUT2D eigenvalue weighted by Gasteiger charge is 2.35. The number of cyclic esters (lactones) is 2. The lowest BCUT2D eigenvalue weighted by Gasteiger charge is -1.81. The van der Waals surface area contributed by atoms with Gasteiger partial charge in [-0.25, -0.2) is 14.2 Å². The molecule has 6 heteroatoms. The Hall–Kier alpha value is -1.72. The maximum atomic E-state index is 10.5. The van der Waals surface area contributed by atoms with Crippen LogP contribution in [0.4, 0.5) is 0 Å². The second kappa shape index (κ2) is 1.41. The summed E-state index contributed by atoms with van der Waals surface area (Å²) < 4.78 is 8.22. The first kappa shape index (κ1) is 5.10. The van der Waals surface area contributed by atoms with Gasteiger partial charge in [0.15, 0.2) is 0 Å². The molecule has 2 heterocycles. The highest BCUT2D eigenvalue weighted by molar-refractivity contribution is 6.12. The molecule has 50 valence electrons. The first-order valence-corrected chi connectivity index (χ1v) is 2.38. The molecule has 0 unspecified atom stereocenters. The fraction of sp³-hybridized carbons (Fsp3) is 0. The van der Waals surface area contributed by atoms with Gasteiger partial charge in [0, 0.05) is 0 Å². The molecule has 0 bridgehead atoms. The molecule has 0 aromatic carbocycles. The Morgan fingerprint density at radius 1 is 1.00 bits per heavy atom. The summed E-state index contributed by atoms with van der Waals surface area (Å²) in [6.45, 7) is 0. The van der Waals surface area contributed by atoms with Gasteiger partial charge in [-0.05, 0) is 10.3 Å². The van der Waals surface area contributed by atoms with Gasteiger partial charge >= 0.3 is 11.9 Å². The number of aromatic nitrogens is 2. The molecule has 1 aliphatic rings. The first-order valence-electron chi connectivity index (χ1n) is 2.38. The zero-order valence-electron chi connectivity index (χ0n) is 4.53. The van der Waals surface area contributed by atoms with Gasteiger partial charge in [-0.2, -0.15) is 0 Å². The van der Waals surface area contributed by atoms with Gasteiger partial charge in [0.25, 0.3) is 0 Å². The molecule has 0 saturated heterocycles. The summed E-state index contributed by atoms with van der Waals surface area (Å²) in [7, 11) is 0. The van der Waals surface area contributed by atoms with Crippen molar-refractivity contribution in [3.8, 4) is 0 Å². The molecule has 0 aliphatic carbocycles. The van der Waals surface area contributed by atoms with Crippen LogP contribution >= 0.6 is 0 Å². The van der Waals surface area contributed by atoms with Crippen molar-refractivity contribution in [1.29, 1.82) is 0 Å². The topological polar surface area (TPSA) is 82.3 Å². The average molecular weight is 140 g/mol. The highest BCUT2D eigenvalue weighted by atomic mass is 16.6. The van der Waals surface area contributed by atoms with Crippen molar-refractivity contribution in [3.05, 3.63) is 11.4 Å². The molecule has 0 atom stereocenters. The third kappa shape index (κ3) is 0.426. The number of carbonyl (C=O) groups excluding carboxylic acids is 2. The summed E-state index contributed by atoms with van der Waals surface area (Å²) in [4.78, 5) is 21.1. The largest absolute Gasteiger partial charge is 0.383 e. The van der Waals surface area contributed by atoms with Crippen LogP contribution in [0.25, 0.3) is 0 Å². The molecule has 0 radical (unpaired) electrons. The molecule has 0 N–H and O–H groups in total. The normalized spacial score (nSPS) is 15.2. The van der Waals surface area contributed by atoms with E-state index >= 15 is 0 Å². The molecule has 1 aliphatic heterocycles. The number of ether oxygens (including phenoxy) is 1. The Morgan fingerprint density at radius 2 is 1.50 bits per heavy atom. The van der Waals surface area contributed by atoms with Crippen LogP contribution in [0.3, 0.4) is 0 Å². The molecular formula is C4N2O4. The van der Waals surface area contributed by atoms with E-state index in [0.29, 0.717) is 0 Å². The molecule has 6 nitrogen and oxygen atoms in total. The third-order valence-corrected chi connectivity index (χ3v) is 1.06. The van der Waals surface area contributed by atoms with Crippen molar-refractivity contribution >= 4 is 11.9 Å². The van der Waals surface area contributed by atoms with E-state index in [4.69, 9.17) is 0 Å². The molecule has 0 saturated carbocycles. The zero-order chi connectivity index (χ0) is 7.14. The molecule has 0 fully saturated rings. The van der Waals surface area contributed by atoms with Gasteiger partial charge in [-0.1, -0.05) is 0 Å². The maximum Gasteiger partial charge on any atom is 0.371 e. The van der Waals surface area contributed by atoms with E-state index in [0.717, 1.165) is 0 Å². The molecule has 2 rings (SSSR count). The first-order chi connectivity index (χ1) is 4.79. The summed E-state index contributed by atoms with van der Waals surface area (Å²) in [5, 5.41) is 6.29. The second-order valence-electron chi connectivity index (χ2n) is 1.64. The Kier molecular flexibility index (Phi) is 0.717. The van der Waals surface area contributed by atoms with Crippen molar-refractivity contribution in [2.75, 3.05) is 0 Å². The molecule has 10 heavy (non-hydrogen) atoms. The molecule has 0 amide bonds. The lowest BCUT2D eigenvalue weighted by atomic mass is 10.4.